The lowest BCUT2D eigenvalue weighted by Crippen LogP contribution is -2.54. The van der Waals surface area contributed by atoms with Gasteiger partial charge < -0.3 is 15.0 Å². The van der Waals surface area contributed by atoms with Gasteiger partial charge in [-0.25, -0.2) is 8.42 Å². The number of hydrogen-bond acceptors (Lipinski definition) is 5. The molecule has 0 aromatic heterocycles. The van der Waals surface area contributed by atoms with Crippen LogP contribution >= 0.6 is 27.5 Å². The third-order valence-electron chi connectivity index (χ3n) is 6.06. The largest absolute Gasteiger partial charge is 0.495 e. The van der Waals surface area contributed by atoms with Crippen LogP contribution in [0.15, 0.2) is 77.3 Å². The van der Waals surface area contributed by atoms with Crippen molar-refractivity contribution in [3.05, 3.63) is 93.4 Å². The molecule has 2 amide bonds. The Balaban J connectivity index is 2.09. The molecule has 3 aromatic rings. The summed E-state index contributed by atoms with van der Waals surface area (Å²) in [6, 6.07) is 20.2. The third-order valence-corrected chi connectivity index (χ3v) is 7.95. The van der Waals surface area contributed by atoms with E-state index < -0.39 is 28.5 Å². The number of carbonyl (C=O) groups is 2. The number of ether oxygens (including phenoxy) is 1. The first kappa shape index (κ1) is 31.4. The summed E-state index contributed by atoms with van der Waals surface area (Å²) in [5.74, 6) is -0.661. The molecule has 0 radical (unpaired) electrons. The molecule has 40 heavy (non-hydrogen) atoms. The Morgan fingerprint density at radius 1 is 1.00 bits per heavy atom. The van der Waals surface area contributed by atoms with E-state index in [0.29, 0.717) is 0 Å². The van der Waals surface area contributed by atoms with Gasteiger partial charge in [-0.2, -0.15) is 0 Å². The summed E-state index contributed by atoms with van der Waals surface area (Å²) < 4.78 is 33.1. The van der Waals surface area contributed by atoms with Gasteiger partial charge in [-0.05, 0) is 55.3 Å². The highest BCUT2D eigenvalue weighted by Crippen LogP contribution is 2.33. The Labute approximate surface area is 249 Å². The number of nitrogens with zero attached hydrogens (tertiary/aromatic N) is 2. The van der Waals surface area contributed by atoms with E-state index >= 15 is 0 Å². The van der Waals surface area contributed by atoms with Crippen LogP contribution in [-0.2, 0) is 32.6 Å². The van der Waals surface area contributed by atoms with Crippen LogP contribution in [0.1, 0.15) is 25.0 Å². The molecule has 0 heterocycles. The number of anilines is 1. The van der Waals surface area contributed by atoms with Crippen molar-refractivity contribution in [2.24, 2.45) is 0 Å². The minimum absolute atomic E-state index is 0.0827. The van der Waals surface area contributed by atoms with Crippen molar-refractivity contribution in [1.82, 2.24) is 10.2 Å². The van der Waals surface area contributed by atoms with Crippen molar-refractivity contribution >= 4 is 55.1 Å². The topological polar surface area (TPSA) is 96.0 Å². The number of methoxy groups -OCH3 is 1. The zero-order chi connectivity index (χ0) is 29.4. The molecule has 1 N–H and O–H groups in total. The maximum Gasteiger partial charge on any atom is 0.244 e. The first-order chi connectivity index (χ1) is 18.9. The summed E-state index contributed by atoms with van der Waals surface area (Å²) in [6.45, 7) is 3.20. The molecule has 0 saturated carbocycles. The van der Waals surface area contributed by atoms with Crippen LogP contribution in [0.3, 0.4) is 0 Å². The van der Waals surface area contributed by atoms with Crippen LogP contribution in [0.2, 0.25) is 5.02 Å². The second-order valence-electron chi connectivity index (χ2n) is 9.60. The number of rotatable bonds is 12. The molecule has 0 bridgehead atoms. The molecule has 11 heteroatoms. The van der Waals surface area contributed by atoms with Crippen molar-refractivity contribution in [2.75, 3.05) is 24.2 Å². The fraction of sp³-hybridized carbons (Fsp3) is 0.310. The van der Waals surface area contributed by atoms with Crippen molar-refractivity contribution in [3.63, 3.8) is 0 Å². The average molecular weight is 651 g/mol. The molecule has 1 unspecified atom stereocenters. The summed E-state index contributed by atoms with van der Waals surface area (Å²) in [4.78, 5) is 29.1. The van der Waals surface area contributed by atoms with Crippen LogP contribution in [0.5, 0.6) is 5.75 Å². The summed E-state index contributed by atoms with van der Waals surface area (Å²) in [7, 11) is -2.55. The SMILES string of the molecule is COc1ccc(Cl)cc1N(CC(=O)N(Cc1ccc(Br)cc1)C(Cc1ccccc1)C(=O)NC(C)C)S(C)(=O)=O. The lowest BCUT2D eigenvalue weighted by atomic mass is 10.0. The Kier molecular flexibility index (Phi) is 11.0. The molecule has 1 atom stereocenters. The predicted octanol–water partition coefficient (Wildman–Crippen LogP) is 5.04. The van der Waals surface area contributed by atoms with Gasteiger partial charge >= 0.3 is 0 Å². The Morgan fingerprint density at radius 2 is 1.65 bits per heavy atom. The van der Waals surface area contributed by atoms with Crippen LogP contribution in [0, 0.1) is 0 Å². The quantitative estimate of drug-likeness (QED) is 0.296. The van der Waals surface area contributed by atoms with Gasteiger partial charge in [0.1, 0.15) is 18.3 Å². The fourth-order valence-corrected chi connectivity index (χ4v) is 5.45. The van der Waals surface area contributed by atoms with Crippen molar-refractivity contribution in [1.29, 1.82) is 0 Å². The number of halogens is 2. The van der Waals surface area contributed by atoms with E-state index in [1.807, 2.05) is 68.4 Å². The average Bonchev–Trinajstić information content (AvgIpc) is 2.89. The molecule has 0 aliphatic heterocycles. The number of nitrogens with one attached hydrogen (secondary N) is 1. The molecule has 8 nitrogen and oxygen atoms in total. The molecule has 214 valence electrons. The van der Waals surface area contributed by atoms with E-state index in [1.165, 1.54) is 24.1 Å². The highest BCUT2D eigenvalue weighted by molar-refractivity contribution is 9.10. The van der Waals surface area contributed by atoms with E-state index in [9.17, 15) is 18.0 Å². The van der Waals surface area contributed by atoms with Gasteiger partial charge in [0, 0.05) is 28.5 Å². The van der Waals surface area contributed by atoms with Gasteiger partial charge in [0.05, 0.1) is 19.1 Å². The van der Waals surface area contributed by atoms with Gasteiger partial charge in [0.15, 0.2) is 0 Å². The maximum absolute atomic E-state index is 14.1. The second-order valence-corrected chi connectivity index (χ2v) is 12.9. The van der Waals surface area contributed by atoms with Crippen molar-refractivity contribution in [2.45, 2.75) is 38.9 Å². The van der Waals surface area contributed by atoms with Gasteiger partial charge in [0.25, 0.3) is 0 Å². The van der Waals surface area contributed by atoms with E-state index in [4.69, 9.17) is 16.3 Å². The molecule has 0 aliphatic rings. The molecular weight excluding hydrogens is 618 g/mol. The number of amides is 2. The minimum atomic E-state index is -3.96. The van der Waals surface area contributed by atoms with E-state index in [2.05, 4.69) is 21.2 Å². The minimum Gasteiger partial charge on any atom is -0.495 e. The smallest absolute Gasteiger partial charge is 0.244 e. The van der Waals surface area contributed by atoms with Crippen LogP contribution in [-0.4, -0.2) is 57.1 Å². The third kappa shape index (κ3) is 8.71. The molecule has 0 aliphatic carbocycles. The standard InChI is InChI=1S/C29H33BrClN3O5S/c1-20(2)32-29(36)26(16-21-8-6-5-7-9-21)33(18-22-10-12-23(30)13-11-22)28(35)19-34(40(4,37)38)25-17-24(31)14-15-27(25)39-3/h5-15,17,20,26H,16,18-19H2,1-4H3,(H,32,36). The Hall–Kier alpha value is -3.08. The lowest BCUT2D eigenvalue weighted by molar-refractivity contribution is -0.140. The van der Waals surface area contributed by atoms with Crippen molar-refractivity contribution < 1.29 is 22.7 Å². The highest BCUT2D eigenvalue weighted by atomic mass is 79.9. The lowest BCUT2D eigenvalue weighted by Gasteiger charge is -2.34. The Morgan fingerprint density at radius 3 is 2.23 bits per heavy atom. The van der Waals surface area contributed by atoms with Gasteiger partial charge in [-0.1, -0.05) is 70.0 Å². The Bertz CT molecular complexity index is 1420. The summed E-state index contributed by atoms with van der Waals surface area (Å²) in [5, 5.41) is 3.20. The molecule has 0 fully saturated rings. The second kappa shape index (κ2) is 14.0. The molecule has 0 saturated heterocycles. The fourth-order valence-electron chi connectivity index (χ4n) is 4.17. The van der Waals surface area contributed by atoms with Gasteiger partial charge in [0.2, 0.25) is 21.8 Å². The molecule has 0 spiro atoms. The van der Waals surface area contributed by atoms with E-state index in [-0.39, 0.29) is 41.4 Å². The molecule has 3 aromatic carbocycles. The summed E-state index contributed by atoms with van der Waals surface area (Å²) >= 11 is 9.61. The number of hydrogen-bond donors (Lipinski definition) is 1. The first-order valence-electron chi connectivity index (χ1n) is 12.6. The number of sulfonamides is 1. The maximum atomic E-state index is 14.1. The summed E-state index contributed by atoms with van der Waals surface area (Å²) in [5.41, 5.74) is 1.76. The molecule has 3 rings (SSSR count). The summed E-state index contributed by atoms with van der Waals surface area (Å²) in [6.07, 6.45) is 1.24. The normalized spacial score (nSPS) is 12.1. The number of carbonyl (C=O) groups excluding carboxylic acids is 2. The zero-order valence-electron chi connectivity index (χ0n) is 22.8. The molecular formula is C29H33BrClN3O5S. The monoisotopic (exact) mass is 649 g/mol. The van der Waals surface area contributed by atoms with E-state index in [1.54, 1.807) is 6.07 Å². The number of benzene rings is 3. The first-order valence-corrected chi connectivity index (χ1v) is 15.6. The van der Waals surface area contributed by atoms with Gasteiger partial charge in [-0.15, -0.1) is 0 Å². The highest BCUT2D eigenvalue weighted by Gasteiger charge is 2.34. The van der Waals surface area contributed by atoms with Crippen LogP contribution in [0.25, 0.3) is 0 Å². The van der Waals surface area contributed by atoms with Crippen molar-refractivity contribution in [3.8, 4) is 5.75 Å². The van der Waals surface area contributed by atoms with Crippen LogP contribution in [0.4, 0.5) is 5.69 Å². The predicted molar refractivity (Wildman–Crippen MR) is 162 cm³/mol. The van der Waals surface area contributed by atoms with Gasteiger partial charge in [-0.3, -0.25) is 13.9 Å². The zero-order valence-corrected chi connectivity index (χ0v) is 26.0. The van der Waals surface area contributed by atoms with E-state index in [0.717, 1.165) is 26.2 Å². The van der Waals surface area contributed by atoms with Crippen LogP contribution < -0.4 is 14.4 Å².